The standard InChI is InChI=1S/C19H22N4O5/c1-4-13(22-18(25)14-9-21-15(10-20-14)19(26)27)12-7-5-6-8-16(12)28-11-17(24)23(2)3/h5-10,13H,4,11H2,1-3H3,(H,22,25)(H,26,27). The van der Waals surface area contributed by atoms with E-state index in [-0.39, 0.29) is 29.9 Å². The number of aromatic nitrogens is 2. The van der Waals surface area contributed by atoms with Crippen LogP contribution in [0.4, 0.5) is 0 Å². The van der Waals surface area contributed by atoms with Crippen LogP contribution in [0, 0.1) is 0 Å². The maximum atomic E-state index is 12.5. The molecule has 0 saturated carbocycles. The highest BCUT2D eigenvalue weighted by Crippen LogP contribution is 2.27. The lowest BCUT2D eigenvalue weighted by Crippen LogP contribution is -2.30. The van der Waals surface area contributed by atoms with E-state index in [1.54, 1.807) is 26.2 Å². The zero-order valence-corrected chi connectivity index (χ0v) is 15.9. The minimum absolute atomic E-state index is 0.00429. The van der Waals surface area contributed by atoms with E-state index in [4.69, 9.17) is 9.84 Å². The van der Waals surface area contributed by atoms with Gasteiger partial charge in [-0.15, -0.1) is 0 Å². The number of amides is 2. The molecule has 2 amide bonds. The first-order valence-corrected chi connectivity index (χ1v) is 8.61. The Bertz CT molecular complexity index is 852. The van der Waals surface area contributed by atoms with Gasteiger partial charge in [-0.25, -0.2) is 14.8 Å². The highest BCUT2D eigenvalue weighted by Gasteiger charge is 2.20. The molecule has 9 heteroatoms. The molecule has 1 unspecified atom stereocenters. The predicted molar refractivity (Wildman–Crippen MR) is 100 cm³/mol. The highest BCUT2D eigenvalue weighted by atomic mass is 16.5. The van der Waals surface area contributed by atoms with Crippen molar-refractivity contribution in [1.82, 2.24) is 20.2 Å². The van der Waals surface area contributed by atoms with Gasteiger partial charge < -0.3 is 20.1 Å². The number of hydrogen-bond donors (Lipinski definition) is 2. The predicted octanol–water partition coefficient (Wildman–Crippen LogP) is 1.52. The first-order chi connectivity index (χ1) is 13.3. The summed E-state index contributed by atoms with van der Waals surface area (Å²) in [4.78, 5) is 44.1. The molecule has 0 fully saturated rings. The molecular formula is C19H22N4O5. The Hall–Kier alpha value is -3.49. The average Bonchev–Trinajstić information content (AvgIpc) is 2.70. The number of nitrogens with one attached hydrogen (secondary N) is 1. The van der Waals surface area contributed by atoms with Gasteiger partial charge in [-0.3, -0.25) is 9.59 Å². The second-order valence-corrected chi connectivity index (χ2v) is 6.14. The van der Waals surface area contributed by atoms with Gasteiger partial charge in [0.05, 0.1) is 18.4 Å². The number of nitrogens with zero attached hydrogens (tertiary/aromatic N) is 3. The number of ether oxygens (including phenoxy) is 1. The van der Waals surface area contributed by atoms with Crippen LogP contribution in [0.25, 0.3) is 0 Å². The van der Waals surface area contributed by atoms with Gasteiger partial charge in [0, 0.05) is 19.7 Å². The molecule has 1 atom stereocenters. The third-order valence-corrected chi connectivity index (χ3v) is 3.96. The lowest BCUT2D eigenvalue weighted by atomic mass is 10.0. The summed E-state index contributed by atoms with van der Waals surface area (Å²) < 4.78 is 5.64. The summed E-state index contributed by atoms with van der Waals surface area (Å²) in [5.74, 6) is -1.39. The molecule has 28 heavy (non-hydrogen) atoms. The van der Waals surface area contributed by atoms with Crippen LogP contribution < -0.4 is 10.1 Å². The van der Waals surface area contributed by atoms with Gasteiger partial charge in [0.25, 0.3) is 11.8 Å². The third kappa shape index (κ3) is 5.26. The minimum atomic E-state index is -1.22. The fourth-order valence-electron chi connectivity index (χ4n) is 2.36. The van der Waals surface area contributed by atoms with Gasteiger partial charge in [0.15, 0.2) is 12.3 Å². The maximum Gasteiger partial charge on any atom is 0.356 e. The molecule has 2 rings (SSSR count). The number of likely N-dealkylation sites (N-methyl/N-ethyl adjacent to an activating group) is 1. The SMILES string of the molecule is CCC(NC(=O)c1cnc(C(=O)O)cn1)c1ccccc1OCC(=O)N(C)C. The first kappa shape index (κ1) is 20.8. The fourth-order valence-corrected chi connectivity index (χ4v) is 2.36. The smallest absolute Gasteiger partial charge is 0.356 e. The second kappa shape index (κ2) is 9.45. The van der Waals surface area contributed by atoms with E-state index < -0.39 is 11.9 Å². The summed E-state index contributed by atoms with van der Waals surface area (Å²) in [6, 6.07) is 6.74. The average molecular weight is 386 g/mol. The first-order valence-electron chi connectivity index (χ1n) is 8.61. The van der Waals surface area contributed by atoms with Crippen molar-refractivity contribution in [3.8, 4) is 5.75 Å². The van der Waals surface area contributed by atoms with Crippen molar-refractivity contribution in [2.45, 2.75) is 19.4 Å². The summed E-state index contributed by atoms with van der Waals surface area (Å²) in [6.07, 6.45) is 2.71. The van der Waals surface area contributed by atoms with E-state index in [0.29, 0.717) is 12.2 Å². The van der Waals surface area contributed by atoms with Crippen LogP contribution in [-0.2, 0) is 4.79 Å². The number of carbonyl (C=O) groups is 3. The molecule has 1 aromatic heterocycles. The molecular weight excluding hydrogens is 364 g/mol. The molecule has 0 saturated heterocycles. The molecule has 9 nitrogen and oxygen atoms in total. The van der Waals surface area contributed by atoms with Crippen LogP contribution in [0.5, 0.6) is 5.75 Å². The Morgan fingerprint density at radius 1 is 1.14 bits per heavy atom. The van der Waals surface area contributed by atoms with Crippen LogP contribution in [-0.4, -0.2) is 58.5 Å². The van der Waals surface area contributed by atoms with Gasteiger partial charge in [-0.2, -0.15) is 0 Å². The van der Waals surface area contributed by atoms with Crippen molar-refractivity contribution in [1.29, 1.82) is 0 Å². The van der Waals surface area contributed by atoms with Crippen LogP contribution >= 0.6 is 0 Å². The van der Waals surface area contributed by atoms with Crippen LogP contribution in [0.3, 0.4) is 0 Å². The molecule has 2 N–H and O–H groups in total. The Kier molecular flexibility index (Phi) is 7.02. The van der Waals surface area contributed by atoms with Crippen molar-refractivity contribution in [2.24, 2.45) is 0 Å². The molecule has 0 aliphatic carbocycles. The Balaban J connectivity index is 2.15. The fraction of sp³-hybridized carbons (Fsp3) is 0.316. The molecule has 0 spiro atoms. The van der Waals surface area contributed by atoms with E-state index in [1.165, 1.54) is 4.90 Å². The molecule has 0 aliphatic heterocycles. The van der Waals surface area contributed by atoms with Crippen molar-refractivity contribution >= 4 is 17.8 Å². The molecule has 0 aliphatic rings. The van der Waals surface area contributed by atoms with Gasteiger partial charge in [0.1, 0.15) is 11.4 Å². The van der Waals surface area contributed by atoms with Crippen molar-refractivity contribution < 1.29 is 24.2 Å². The van der Waals surface area contributed by atoms with Gasteiger partial charge >= 0.3 is 5.97 Å². The zero-order chi connectivity index (χ0) is 20.7. The second-order valence-electron chi connectivity index (χ2n) is 6.14. The van der Waals surface area contributed by atoms with Crippen molar-refractivity contribution in [3.05, 3.63) is 53.6 Å². The Morgan fingerprint density at radius 3 is 2.36 bits per heavy atom. The Morgan fingerprint density at radius 2 is 1.79 bits per heavy atom. The van der Waals surface area contributed by atoms with Crippen LogP contribution in [0.15, 0.2) is 36.7 Å². The maximum absolute atomic E-state index is 12.5. The number of para-hydroxylation sites is 1. The van der Waals surface area contributed by atoms with E-state index in [1.807, 2.05) is 19.1 Å². The van der Waals surface area contributed by atoms with Gasteiger partial charge in [-0.1, -0.05) is 25.1 Å². The Labute approximate surface area is 162 Å². The number of carboxylic acids is 1. The van der Waals surface area contributed by atoms with E-state index in [2.05, 4.69) is 15.3 Å². The number of carbonyl (C=O) groups excluding carboxylic acids is 2. The molecule has 1 aromatic carbocycles. The van der Waals surface area contributed by atoms with Gasteiger partial charge in [-0.05, 0) is 12.5 Å². The summed E-state index contributed by atoms with van der Waals surface area (Å²) in [7, 11) is 3.28. The van der Waals surface area contributed by atoms with Gasteiger partial charge in [0.2, 0.25) is 0 Å². The van der Waals surface area contributed by atoms with Crippen LogP contribution in [0.1, 0.15) is 45.9 Å². The number of benzene rings is 1. The largest absolute Gasteiger partial charge is 0.483 e. The quantitative estimate of drug-likeness (QED) is 0.705. The zero-order valence-electron chi connectivity index (χ0n) is 15.9. The van der Waals surface area contributed by atoms with Crippen molar-refractivity contribution in [3.63, 3.8) is 0 Å². The lowest BCUT2D eigenvalue weighted by molar-refractivity contribution is -0.130. The third-order valence-electron chi connectivity index (χ3n) is 3.96. The number of aromatic carboxylic acids is 1. The molecule has 2 aromatic rings. The summed E-state index contributed by atoms with van der Waals surface area (Å²) in [5, 5.41) is 11.7. The minimum Gasteiger partial charge on any atom is -0.483 e. The summed E-state index contributed by atoms with van der Waals surface area (Å²) >= 11 is 0. The molecule has 148 valence electrons. The number of hydrogen-bond acceptors (Lipinski definition) is 6. The summed E-state index contributed by atoms with van der Waals surface area (Å²) in [6.45, 7) is 1.78. The lowest BCUT2D eigenvalue weighted by Gasteiger charge is -2.21. The normalized spacial score (nSPS) is 11.4. The summed E-state index contributed by atoms with van der Waals surface area (Å²) in [5.41, 5.74) is 0.484. The van der Waals surface area contributed by atoms with E-state index in [0.717, 1.165) is 18.0 Å². The van der Waals surface area contributed by atoms with Crippen molar-refractivity contribution in [2.75, 3.05) is 20.7 Å². The molecule has 0 bridgehead atoms. The molecule has 1 heterocycles. The highest BCUT2D eigenvalue weighted by molar-refractivity contribution is 5.93. The number of carboxylic acid groups (broad SMARTS) is 1. The topological polar surface area (TPSA) is 122 Å². The molecule has 0 radical (unpaired) electrons. The number of rotatable bonds is 8. The van der Waals surface area contributed by atoms with E-state index >= 15 is 0 Å². The van der Waals surface area contributed by atoms with E-state index in [9.17, 15) is 14.4 Å². The monoisotopic (exact) mass is 386 g/mol. The van der Waals surface area contributed by atoms with Crippen LogP contribution in [0.2, 0.25) is 0 Å².